The van der Waals surface area contributed by atoms with Crippen LogP contribution in [0.1, 0.15) is 36.7 Å². The van der Waals surface area contributed by atoms with Gasteiger partial charge in [0.05, 0.1) is 5.56 Å². The molecule has 0 spiro atoms. The fourth-order valence-electron chi connectivity index (χ4n) is 2.10. The van der Waals surface area contributed by atoms with Gasteiger partial charge in [-0.15, -0.1) is 0 Å². The zero-order valence-electron chi connectivity index (χ0n) is 14.9. The van der Waals surface area contributed by atoms with Crippen molar-refractivity contribution < 1.29 is 14.3 Å². The molecule has 26 heavy (non-hydrogen) atoms. The Bertz CT molecular complexity index is 823. The van der Waals surface area contributed by atoms with Crippen LogP contribution >= 0.6 is 0 Å². The number of nitrogen functional groups attached to an aromatic ring is 1. The van der Waals surface area contributed by atoms with Crippen LogP contribution in [-0.4, -0.2) is 23.4 Å². The molecule has 0 aromatic heterocycles. The second-order valence-electron chi connectivity index (χ2n) is 6.62. The molecule has 7 nitrogen and oxygen atoms in total. The van der Waals surface area contributed by atoms with Crippen LogP contribution in [0.25, 0.3) is 0 Å². The molecule has 5 N–H and O–H groups in total. The molecule has 0 heterocycles. The number of carbonyl (C=O) groups excluding carboxylic acids is 2. The van der Waals surface area contributed by atoms with Crippen LogP contribution in [0, 0.1) is 5.41 Å². The Balaban J connectivity index is 2.00. The fourth-order valence-corrected chi connectivity index (χ4v) is 2.10. The van der Waals surface area contributed by atoms with Crippen molar-refractivity contribution in [1.29, 1.82) is 5.41 Å². The summed E-state index contributed by atoms with van der Waals surface area (Å²) >= 11 is 0. The van der Waals surface area contributed by atoms with Crippen molar-refractivity contribution in [1.82, 2.24) is 5.32 Å². The van der Waals surface area contributed by atoms with Gasteiger partial charge in [0.2, 0.25) is 0 Å². The molecule has 0 aliphatic rings. The van der Waals surface area contributed by atoms with Crippen LogP contribution in [0.4, 0.5) is 16.2 Å². The Labute approximate surface area is 152 Å². The van der Waals surface area contributed by atoms with E-state index < -0.39 is 11.7 Å². The maximum atomic E-state index is 12.2. The number of para-hydroxylation sites is 1. The van der Waals surface area contributed by atoms with Gasteiger partial charge in [0.25, 0.3) is 5.91 Å². The van der Waals surface area contributed by atoms with Gasteiger partial charge < -0.3 is 15.8 Å². The molecule has 0 saturated carbocycles. The van der Waals surface area contributed by atoms with E-state index in [2.05, 4.69) is 10.6 Å². The Kier molecular flexibility index (Phi) is 5.61. The molecule has 0 aliphatic carbocycles. The predicted molar refractivity (Wildman–Crippen MR) is 101 cm³/mol. The second kappa shape index (κ2) is 7.69. The normalized spacial score (nSPS) is 10.7. The van der Waals surface area contributed by atoms with Gasteiger partial charge >= 0.3 is 6.09 Å². The van der Waals surface area contributed by atoms with Gasteiger partial charge in [-0.05, 0) is 57.2 Å². The summed E-state index contributed by atoms with van der Waals surface area (Å²) in [5.41, 5.74) is 6.95. The maximum absolute atomic E-state index is 12.2. The van der Waals surface area contributed by atoms with Crippen LogP contribution in [0.5, 0.6) is 0 Å². The number of hydrogen-bond acceptors (Lipinski definition) is 5. The highest BCUT2D eigenvalue weighted by atomic mass is 16.6. The first kappa shape index (κ1) is 19.0. The van der Waals surface area contributed by atoms with E-state index >= 15 is 0 Å². The summed E-state index contributed by atoms with van der Waals surface area (Å²) in [5, 5.41) is 13.0. The van der Waals surface area contributed by atoms with E-state index in [1.165, 1.54) is 0 Å². The standard InChI is InChI=1S/C19H22N4O3/c1-19(2,3)26-18(25)23-16(21)12-8-10-13(11-9-12)22-17(24)14-6-4-5-7-15(14)20/h4-11H,20H2,1-3H3,(H,22,24)(H2,21,23,25). The Morgan fingerprint density at radius 3 is 2.23 bits per heavy atom. The fraction of sp³-hybridized carbons (Fsp3) is 0.211. The molecule has 2 rings (SSSR count). The summed E-state index contributed by atoms with van der Waals surface area (Å²) in [4.78, 5) is 23.9. The predicted octanol–water partition coefficient (Wildman–Crippen LogP) is 3.37. The molecule has 0 fully saturated rings. The third-order valence-electron chi connectivity index (χ3n) is 3.26. The second-order valence-corrected chi connectivity index (χ2v) is 6.62. The number of benzene rings is 2. The number of ether oxygens (including phenoxy) is 1. The highest BCUT2D eigenvalue weighted by Gasteiger charge is 2.17. The van der Waals surface area contributed by atoms with Crippen LogP contribution in [-0.2, 0) is 4.74 Å². The van der Waals surface area contributed by atoms with Crippen molar-refractivity contribution in [2.45, 2.75) is 26.4 Å². The number of alkyl carbamates (subject to hydrolysis) is 1. The summed E-state index contributed by atoms with van der Waals surface area (Å²) in [6.07, 6.45) is -0.695. The highest BCUT2D eigenvalue weighted by molar-refractivity contribution is 6.08. The van der Waals surface area contributed by atoms with E-state index in [-0.39, 0.29) is 11.7 Å². The maximum Gasteiger partial charge on any atom is 0.413 e. The molecular formula is C19H22N4O3. The lowest BCUT2D eigenvalue weighted by Crippen LogP contribution is -2.36. The van der Waals surface area contributed by atoms with Gasteiger partial charge in [-0.3, -0.25) is 15.5 Å². The zero-order valence-corrected chi connectivity index (χ0v) is 14.9. The molecule has 0 unspecified atom stereocenters. The molecule has 0 saturated heterocycles. The lowest BCUT2D eigenvalue weighted by molar-refractivity contribution is 0.0563. The number of anilines is 2. The lowest BCUT2D eigenvalue weighted by atomic mass is 10.1. The number of nitrogens with two attached hydrogens (primary N) is 1. The van der Waals surface area contributed by atoms with E-state index in [1.54, 1.807) is 69.3 Å². The van der Waals surface area contributed by atoms with Gasteiger partial charge in [0, 0.05) is 16.9 Å². The largest absolute Gasteiger partial charge is 0.444 e. The minimum Gasteiger partial charge on any atom is -0.444 e. The van der Waals surface area contributed by atoms with Gasteiger partial charge in [0.15, 0.2) is 0 Å². The van der Waals surface area contributed by atoms with E-state index in [9.17, 15) is 9.59 Å². The average Bonchev–Trinajstić information content (AvgIpc) is 2.53. The molecule has 0 bridgehead atoms. The minimum absolute atomic E-state index is 0.0931. The van der Waals surface area contributed by atoms with Crippen LogP contribution < -0.4 is 16.4 Å². The molecule has 7 heteroatoms. The number of rotatable bonds is 3. The number of amides is 2. The summed E-state index contributed by atoms with van der Waals surface area (Å²) in [6, 6.07) is 13.3. The first-order valence-electron chi connectivity index (χ1n) is 8.00. The van der Waals surface area contributed by atoms with Crippen molar-refractivity contribution in [3.63, 3.8) is 0 Å². The van der Waals surface area contributed by atoms with Gasteiger partial charge in [-0.25, -0.2) is 4.79 Å². The summed E-state index contributed by atoms with van der Waals surface area (Å²) in [5.74, 6) is -0.415. The van der Waals surface area contributed by atoms with E-state index in [1.807, 2.05) is 0 Å². The first-order valence-corrected chi connectivity index (χ1v) is 8.00. The molecule has 0 radical (unpaired) electrons. The number of amidine groups is 1. The van der Waals surface area contributed by atoms with Crippen molar-refractivity contribution in [2.24, 2.45) is 0 Å². The first-order chi connectivity index (χ1) is 12.2. The minimum atomic E-state index is -0.695. The summed E-state index contributed by atoms with van der Waals surface area (Å²) < 4.78 is 5.11. The monoisotopic (exact) mass is 354 g/mol. The Hall–Kier alpha value is -3.35. The van der Waals surface area contributed by atoms with Gasteiger partial charge in [-0.2, -0.15) is 0 Å². The molecule has 0 atom stereocenters. The average molecular weight is 354 g/mol. The zero-order chi connectivity index (χ0) is 19.3. The van der Waals surface area contributed by atoms with E-state index in [0.29, 0.717) is 22.5 Å². The Morgan fingerprint density at radius 1 is 1.04 bits per heavy atom. The molecule has 0 aliphatic heterocycles. The number of hydrogen-bond donors (Lipinski definition) is 4. The van der Waals surface area contributed by atoms with Crippen LogP contribution in [0.15, 0.2) is 48.5 Å². The topological polar surface area (TPSA) is 117 Å². The molecule has 136 valence electrons. The summed E-state index contributed by atoms with van der Waals surface area (Å²) in [6.45, 7) is 5.23. The molecule has 2 aromatic rings. The SMILES string of the molecule is CC(C)(C)OC(=O)NC(=N)c1ccc(NC(=O)c2ccccc2N)cc1. The van der Waals surface area contributed by atoms with Gasteiger partial charge in [0.1, 0.15) is 11.4 Å². The van der Waals surface area contributed by atoms with E-state index in [0.717, 1.165) is 0 Å². The van der Waals surface area contributed by atoms with E-state index in [4.69, 9.17) is 15.9 Å². The summed E-state index contributed by atoms with van der Waals surface area (Å²) in [7, 11) is 0. The van der Waals surface area contributed by atoms with Crippen LogP contribution in [0.2, 0.25) is 0 Å². The third-order valence-corrected chi connectivity index (χ3v) is 3.26. The Morgan fingerprint density at radius 2 is 1.65 bits per heavy atom. The smallest absolute Gasteiger partial charge is 0.413 e. The molecule has 2 aromatic carbocycles. The molecule has 2 amide bonds. The van der Waals surface area contributed by atoms with Gasteiger partial charge in [-0.1, -0.05) is 12.1 Å². The van der Waals surface area contributed by atoms with Crippen molar-refractivity contribution in [3.8, 4) is 0 Å². The van der Waals surface area contributed by atoms with Crippen LogP contribution in [0.3, 0.4) is 0 Å². The lowest BCUT2D eigenvalue weighted by Gasteiger charge is -2.19. The van der Waals surface area contributed by atoms with Crippen molar-refractivity contribution in [3.05, 3.63) is 59.7 Å². The number of nitrogens with one attached hydrogen (secondary N) is 3. The molecular weight excluding hydrogens is 332 g/mol. The highest BCUT2D eigenvalue weighted by Crippen LogP contribution is 2.15. The van der Waals surface area contributed by atoms with Crippen molar-refractivity contribution >= 4 is 29.2 Å². The third kappa shape index (κ3) is 5.34. The van der Waals surface area contributed by atoms with Crippen molar-refractivity contribution in [2.75, 3.05) is 11.1 Å². The number of carbonyl (C=O) groups is 2. The quantitative estimate of drug-likeness (QED) is 0.384.